The lowest BCUT2D eigenvalue weighted by atomic mass is 9.84. The normalized spacial score (nSPS) is 30.9. The third-order valence-electron chi connectivity index (χ3n) is 5.43. The van der Waals surface area contributed by atoms with Crippen LogP contribution in [0.2, 0.25) is 0 Å². The van der Waals surface area contributed by atoms with Gasteiger partial charge in [-0.1, -0.05) is 19.8 Å². The largest absolute Gasteiger partial charge is 0.317 e. The van der Waals surface area contributed by atoms with Gasteiger partial charge >= 0.3 is 0 Å². The Morgan fingerprint density at radius 2 is 1.79 bits per heavy atom. The van der Waals surface area contributed by atoms with Gasteiger partial charge in [0.05, 0.1) is 0 Å². The second-order valence-electron chi connectivity index (χ2n) is 6.54. The quantitative estimate of drug-likeness (QED) is 0.824. The number of piperidine rings is 1. The third kappa shape index (κ3) is 4.17. The lowest BCUT2D eigenvalue weighted by molar-refractivity contribution is 0.102. The molecule has 3 nitrogen and oxygen atoms in total. The molecule has 2 unspecified atom stereocenters. The van der Waals surface area contributed by atoms with Crippen LogP contribution in [0.5, 0.6) is 0 Å². The van der Waals surface area contributed by atoms with Crippen LogP contribution < -0.4 is 5.32 Å². The summed E-state index contributed by atoms with van der Waals surface area (Å²) in [6.45, 7) is 7.39. The van der Waals surface area contributed by atoms with Crippen LogP contribution in [0, 0.1) is 5.92 Å². The van der Waals surface area contributed by atoms with Crippen molar-refractivity contribution in [1.82, 2.24) is 15.1 Å². The molecule has 19 heavy (non-hydrogen) atoms. The van der Waals surface area contributed by atoms with Crippen molar-refractivity contribution in [2.75, 3.05) is 40.3 Å². The molecule has 2 aliphatic rings. The highest BCUT2D eigenvalue weighted by Crippen LogP contribution is 2.26. The molecule has 2 rings (SSSR count). The number of hydrogen-bond acceptors (Lipinski definition) is 3. The zero-order chi connectivity index (χ0) is 13.7. The molecule has 1 saturated heterocycles. The molecule has 1 saturated carbocycles. The average Bonchev–Trinajstić information content (AvgIpc) is 2.48. The van der Waals surface area contributed by atoms with Gasteiger partial charge in [0.2, 0.25) is 0 Å². The molecule has 0 aromatic heterocycles. The first kappa shape index (κ1) is 15.3. The van der Waals surface area contributed by atoms with E-state index in [0.717, 1.165) is 18.0 Å². The van der Waals surface area contributed by atoms with Crippen molar-refractivity contribution >= 4 is 0 Å². The van der Waals surface area contributed by atoms with E-state index in [1.54, 1.807) is 0 Å². The minimum absolute atomic E-state index is 0.756. The first-order valence-corrected chi connectivity index (χ1v) is 8.34. The molecule has 0 amide bonds. The molecule has 0 aromatic carbocycles. The lowest BCUT2D eigenvalue weighted by Gasteiger charge is -2.40. The smallest absolute Gasteiger partial charge is 0.0117 e. The number of rotatable bonds is 5. The predicted octanol–water partition coefficient (Wildman–Crippen LogP) is 2.18. The van der Waals surface area contributed by atoms with Gasteiger partial charge in [0.1, 0.15) is 0 Å². The molecule has 112 valence electrons. The Kier molecular flexibility index (Phi) is 6.11. The minimum Gasteiger partial charge on any atom is -0.317 e. The van der Waals surface area contributed by atoms with Gasteiger partial charge in [-0.05, 0) is 65.3 Å². The van der Waals surface area contributed by atoms with Crippen molar-refractivity contribution in [3.05, 3.63) is 0 Å². The van der Waals surface area contributed by atoms with E-state index < -0.39 is 0 Å². The number of hydrogen-bond donors (Lipinski definition) is 1. The van der Waals surface area contributed by atoms with Gasteiger partial charge in [-0.2, -0.15) is 0 Å². The molecule has 0 radical (unpaired) electrons. The van der Waals surface area contributed by atoms with Gasteiger partial charge in [0.25, 0.3) is 0 Å². The molecule has 1 N–H and O–H groups in total. The third-order valence-corrected chi connectivity index (χ3v) is 5.43. The standard InChI is InChI=1S/C16H33N3/c1-4-19-11-9-15(10-12-19)18(3)13-14-7-5-6-8-16(14)17-2/h14-17H,4-13H2,1-3H3. The lowest BCUT2D eigenvalue weighted by Crippen LogP contribution is -2.48. The maximum absolute atomic E-state index is 3.54. The van der Waals surface area contributed by atoms with Crippen molar-refractivity contribution in [2.45, 2.75) is 57.5 Å². The van der Waals surface area contributed by atoms with Crippen LogP contribution in [0.1, 0.15) is 45.4 Å². The second-order valence-corrected chi connectivity index (χ2v) is 6.54. The molecule has 2 atom stereocenters. The Balaban J connectivity index is 1.78. The van der Waals surface area contributed by atoms with Crippen molar-refractivity contribution in [3.8, 4) is 0 Å². The SMILES string of the molecule is CCN1CCC(N(C)CC2CCCCC2NC)CC1. The summed E-state index contributed by atoms with van der Waals surface area (Å²) in [5, 5.41) is 3.54. The maximum atomic E-state index is 3.54. The van der Waals surface area contributed by atoms with Crippen LogP contribution >= 0.6 is 0 Å². The van der Waals surface area contributed by atoms with E-state index in [1.807, 2.05) is 0 Å². The Morgan fingerprint density at radius 1 is 1.11 bits per heavy atom. The highest BCUT2D eigenvalue weighted by molar-refractivity contribution is 4.85. The van der Waals surface area contributed by atoms with Gasteiger partial charge < -0.3 is 15.1 Å². The maximum Gasteiger partial charge on any atom is 0.0117 e. The molecule has 1 heterocycles. The van der Waals surface area contributed by atoms with Gasteiger partial charge in [-0.3, -0.25) is 0 Å². The van der Waals surface area contributed by atoms with E-state index in [2.05, 4.69) is 36.1 Å². The van der Waals surface area contributed by atoms with E-state index in [9.17, 15) is 0 Å². The Bertz CT molecular complexity index is 248. The molecular formula is C16H33N3. The summed E-state index contributed by atoms with van der Waals surface area (Å²) in [5.41, 5.74) is 0. The van der Waals surface area contributed by atoms with Crippen molar-refractivity contribution in [3.63, 3.8) is 0 Å². The first-order valence-electron chi connectivity index (χ1n) is 8.34. The molecule has 3 heteroatoms. The molecule has 0 spiro atoms. The number of nitrogens with one attached hydrogen (secondary N) is 1. The molecule has 2 fully saturated rings. The van der Waals surface area contributed by atoms with Crippen LogP contribution in [0.25, 0.3) is 0 Å². The van der Waals surface area contributed by atoms with Crippen LogP contribution in [-0.2, 0) is 0 Å². The average molecular weight is 267 g/mol. The molecule has 1 aliphatic heterocycles. The predicted molar refractivity (Wildman–Crippen MR) is 82.6 cm³/mol. The van der Waals surface area contributed by atoms with E-state index in [-0.39, 0.29) is 0 Å². The van der Waals surface area contributed by atoms with E-state index in [0.29, 0.717) is 0 Å². The topological polar surface area (TPSA) is 18.5 Å². The summed E-state index contributed by atoms with van der Waals surface area (Å²) < 4.78 is 0. The van der Waals surface area contributed by atoms with Crippen LogP contribution in [0.3, 0.4) is 0 Å². The Labute approximate surface area is 119 Å². The zero-order valence-corrected chi connectivity index (χ0v) is 13.2. The summed E-state index contributed by atoms with van der Waals surface area (Å²) in [7, 11) is 4.50. The summed E-state index contributed by atoms with van der Waals surface area (Å²) in [6.07, 6.45) is 8.38. The van der Waals surface area contributed by atoms with Crippen molar-refractivity contribution < 1.29 is 0 Å². The zero-order valence-electron chi connectivity index (χ0n) is 13.2. The van der Waals surface area contributed by atoms with E-state index in [1.165, 1.54) is 64.7 Å². The van der Waals surface area contributed by atoms with E-state index >= 15 is 0 Å². The fraction of sp³-hybridized carbons (Fsp3) is 1.00. The highest BCUT2D eigenvalue weighted by atomic mass is 15.2. The summed E-state index contributed by atoms with van der Waals surface area (Å²) in [4.78, 5) is 5.24. The Morgan fingerprint density at radius 3 is 2.42 bits per heavy atom. The van der Waals surface area contributed by atoms with Gasteiger partial charge in [0, 0.05) is 18.6 Å². The fourth-order valence-electron chi connectivity index (χ4n) is 4.00. The Hall–Kier alpha value is -0.120. The van der Waals surface area contributed by atoms with Crippen LogP contribution in [-0.4, -0.2) is 62.2 Å². The summed E-state index contributed by atoms with van der Waals surface area (Å²) >= 11 is 0. The molecule has 1 aliphatic carbocycles. The first-order chi connectivity index (χ1) is 9.24. The monoisotopic (exact) mass is 267 g/mol. The summed E-state index contributed by atoms with van der Waals surface area (Å²) in [6, 6.07) is 1.58. The fourth-order valence-corrected chi connectivity index (χ4v) is 4.00. The number of likely N-dealkylation sites (tertiary alicyclic amines) is 1. The van der Waals surface area contributed by atoms with Gasteiger partial charge in [-0.25, -0.2) is 0 Å². The van der Waals surface area contributed by atoms with Crippen LogP contribution in [0.15, 0.2) is 0 Å². The van der Waals surface area contributed by atoms with Gasteiger partial charge in [0.15, 0.2) is 0 Å². The van der Waals surface area contributed by atoms with Crippen LogP contribution in [0.4, 0.5) is 0 Å². The molecule has 0 bridgehead atoms. The van der Waals surface area contributed by atoms with Crippen molar-refractivity contribution in [1.29, 1.82) is 0 Å². The second kappa shape index (κ2) is 7.61. The van der Waals surface area contributed by atoms with Crippen molar-refractivity contribution in [2.24, 2.45) is 5.92 Å². The number of nitrogens with zero attached hydrogens (tertiary/aromatic N) is 2. The summed E-state index contributed by atoms with van der Waals surface area (Å²) in [5.74, 6) is 0.868. The van der Waals surface area contributed by atoms with Gasteiger partial charge in [-0.15, -0.1) is 0 Å². The minimum atomic E-state index is 0.756. The molecular weight excluding hydrogens is 234 g/mol. The van der Waals surface area contributed by atoms with E-state index in [4.69, 9.17) is 0 Å². The molecule has 0 aromatic rings. The highest BCUT2D eigenvalue weighted by Gasteiger charge is 2.28.